The van der Waals surface area contributed by atoms with E-state index in [0.717, 1.165) is 5.56 Å². The molecule has 1 rings (SSSR count). The van der Waals surface area contributed by atoms with Crippen molar-refractivity contribution in [1.82, 2.24) is 5.32 Å². The minimum Gasteiger partial charge on any atom is -0.508 e. The van der Waals surface area contributed by atoms with Crippen molar-refractivity contribution in [2.75, 3.05) is 7.05 Å². The Morgan fingerprint density at radius 1 is 1.24 bits per heavy atom. The highest BCUT2D eigenvalue weighted by Crippen LogP contribution is 2.18. The zero-order valence-corrected chi connectivity index (χ0v) is 12.7. The third kappa shape index (κ3) is 5.33. The number of aromatic hydroxyl groups is 1. The van der Waals surface area contributed by atoms with E-state index in [1.165, 1.54) is 13.1 Å². The maximum atomic E-state index is 11.8. The average molecular weight is 295 g/mol. The van der Waals surface area contributed by atoms with Crippen molar-refractivity contribution in [2.45, 2.75) is 39.4 Å². The van der Waals surface area contributed by atoms with Gasteiger partial charge >= 0.3 is 12.1 Å². The fourth-order valence-electron chi connectivity index (χ4n) is 1.60. The van der Waals surface area contributed by atoms with Gasteiger partial charge < -0.3 is 19.9 Å². The maximum absolute atomic E-state index is 11.8. The summed E-state index contributed by atoms with van der Waals surface area (Å²) in [7, 11) is 1.45. The molecular formula is C15H21NO5. The van der Waals surface area contributed by atoms with Crippen molar-refractivity contribution in [3.8, 4) is 5.75 Å². The van der Waals surface area contributed by atoms with Gasteiger partial charge in [0, 0.05) is 7.05 Å². The van der Waals surface area contributed by atoms with Gasteiger partial charge in [-0.2, -0.15) is 0 Å². The lowest BCUT2D eigenvalue weighted by molar-refractivity contribution is -0.152. The summed E-state index contributed by atoms with van der Waals surface area (Å²) >= 11 is 0. The number of aryl methyl sites for hydroxylation is 1. The molecule has 2 atom stereocenters. The number of hydrogen-bond donors (Lipinski definition) is 2. The van der Waals surface area contributed by atoms with E-state index in [0.29, 0.717) is 5.56 Å². The summed E-state index contributed by atoms with van der Waals surface area (Å²) in [5.74, 6) is -0.303. The number of hydrogen-bond acceptors (Lipinski definition) is 5. The lowest BCUT2D eigenvalue weighted by Gasteiger charge is -2.20. The molecule has 0 heterocycles. The van der Waals surface area contributed by atoms with Crippen LogP contribution in [-0.2, 0) is 20.7 Å². The Labute approximate surface area is 124 Å². The second-order valence-corrected chi connectivity index (χ2v) is 4.85. The van der Waals surface area contributed by atoms with Crippen molar-refractivity contribution >= 4 is 12.1 Å². The van der Waals surface area contributed by atoms with Crippen molar-refractivity contribution in [3.05, 3.63) is 29.3 Å². The molecule has 0 fully saturated rings. The van der Waals surface area contributed by atoms with Gasteiger partial charge in [0.15, 0.2) is 0 Å². The molecule has 0 saturated carbocycles. The molecule has 1 amide bonds. The van der Waals surface area contributed by atoms with E-state index < -0.39 is 24.3 Å². The van der Waals surface area contributed by atoms with Gasteiger partial charge in [-0.3, -0.25) is 4.79 Å². The van der Waals surface area contributed by atoms with Crippen LogP contribution in [0.4, 0.5) is 4.79 Å². The fraction of sp³-hybridized carbons (Fsp3) is 0.467. The summed E-state index contributed by atoms with van der Waals surface area (Å²) < 4.78 is 10.2. The molecule has 116 valence electrons. The number of carbonyl (C=O) groups is 2. The molecule has 0 radical (unpaired) electrons. The van der Waals surface area contributed by atoms with Crippen LogP contribution in [0.1, 0.15) is 25.0 Å². The van der Waals surface area contributed by atoms with Crippen LogP contribution in [-0.4, -0.2) is 36.4 Å². The van der Waals surface area contributed by atoms with Gasteiger partial charge in [-0.25, -0.2) is 4.79 Å². The van der Waals surface area contributed by atoms with Gasteiger partial charge in [-0.15, -0.1) is 0 Å². The highest BCUT2D eigenvalue weighted by atomic mass is 16.6. The molecule has 21 heavy (non-hydrogen) atoms. The van der Waals surface area contributed by atoms with E-state index in [9.17, 15) is 14.7 Å². The monoisotopic (exact) mass is 295 g/mol. The SMILES string of the molecule is CNC(=O)OC(C)C(C)OC(=O)Cc1ccc(C)c(O)c1. The maximum Gasteiger partial charge on any atom is 0.407 e. The van der Waals surface area contributed by atoms with Gasteiger partial charge in [-0.05, 0) is 38.0 Å². The highest BCUT2D eigenvalue weighted by Gasteiger charge is 2.20. The third-order valence-corrected chi connectivity index (χ3v) is 3.10. The number of amides is 1. The van der Waals surface area contributed by atoms with Crippen molar-refractivity contribution in [2.24, 2.45) is 0 Å². The second kappa shape index (κ2) is 7.52. The van der Waals surface area contributed by atoms with Crippen molar-refractivity contribution in [3.63, 3.8) is 0 Å². The lowest BCUT2D eigenvalue weighted by Crippen LogP contribution is -2.34. The van der Waals surface area contributed by atoms with Gasteiger partial charge in [0.05, 0.1) is 6.42 Å². The summed E-state index contributed by atoms with van der Waals surface area (Å²) in [6.07, 6.45) is -1.65. The molecular weight excluding hydrogens is 274 g/mol. The molecule has 0 aliphatic rings. The van der Waals surface area contributed by atoms with Gasteiger partial charge in [0.2, 0.25) is 0 Å². The molecule has 0 aliphatic heterocycles. The van der Waals surface area contributed by atoms with Crippen LogP contribution < -0.4 is 5.32 Å². The first-order valence-electron chi connectivity index (χ1n) is 6.69. The predicted molar refractivity (Wildman–Crippen MR) is 77.1 cm³/mol. The summed E-state index contributed by atoms with van der Waals surface area (Å²) in [4.78, 5) is 22.9. The molecule has 2 N–H and O–H groups in total. The minimum atomic E-state index is -0.575. The third-order valence-electron chi connectivity index (χ3n) is 3.10. The van der Waals surface area contributed by atoms with Crippen LogP contribution >= 0.6 is 0 Å². The number of phenols is 1. The van der Waals surface area contributed by atoms with Gasteiger partial charge in [0.25, 0.3) is 0 Å². The first-order chi connectivity index (χ1) is 9.83. The predicted octanol–water partition coefficient (Wildman–Crippen LogP) is 1.92. The highest BCUT2D eigenvalue weighted by molar-refractivity contribution is 5.73. The lowest BCUT2D eigenvalue weighted by atomic mass is 10.1. The number of carbonyl (C=O) groups excluding carboxylic acids is 2. The smallest absolute Gasteiger partial charge is 0.407 e. The van der Waals surface area contributed by atoms with Crippen LogP contribution in [0.2, 0.25) is 0 Å². The number of esters is 1. The van der Waals surface area contributed by atoms with E-state index in [-0.39, 0.29) is 12.2 Å². The van der Waals surface area contributed by atoms with Crippen LogP contribution in [0.15, 0.2) is 18.2 Å². The Kier molecular flexibility index (Phi) is 6.02. The molecule has 0 bridgehead atoms. The van der Waals surface area contributed by atoms with Crippen molar-refractivity contribution < 1.29 is 24.2 Å². The summed E-state index contributed by atoms with van der Waals surface area (Å²) in [6.45, 7) is 5.07. The molecule has 2 unspecified atom stereocenters. The number of benzene rings is 1. The van der Waals surface area contributed by atoms with E-state index in [1.807, 2.05) is 0 Å². The number of phenolic OH excluding ortho intramolecular Hbond substituents is 1. The largest absolute Gasteiger partial charge is 0.508 e. The van der Waals surface area contributed by atoms with Gasteiger partial charge in [-0.1, -0.05) is 12.1 Å². The normalized spacial score (nSPS) is 13.1. The zero-order chi connectivity index (χ0) is 16.0. The first-order valence-corrected chi connectivity index (χ1v) is 6.69. The zero-order valence-electron chi connectivity index (χ0n) is 12.7. The van der Waals surface area contributed by atoms with E-state index in [1.54, 1.807) is 32.9 Å². The first kappa shape index (κ1) is 16.8. The van der Waals surface area contributed by atoms with Crippen LogP contribution in [0.5, 0.6) is 5.75 Å². The molecule has 6 heteroatoms. The Balaban J connectivity index is 2.52. The van der Waals surface area contributed by atoms with Crippen molar-refractivity contribution in [1.29, 1.82) is 0 Å². The molecule has 0 saturated heterocycles. The molecule has 0 spiro atoms. The van der Waals surface area contributed by atoms with E-state index >= 15 is 0 Å². The number of alkyl carbamates (subject to hydrolysis) is 1. The minimum absolute atomic E-state index is 0.0465. The van der Waals surface area contributed by atoms with Gasteiger partial charge in [0.1, 0.15) is 18.0 Å². The van der Waals surface area contributed by atoms with E-state index in [4.69, 9.17) is 9.47 Å². The second-order valence-electron chi connectivity index (χ2n) is 4.85. The summed E-state index contributed by atoms with van der Waals surface area (Å²) in [6, 6.07) is 5.02. The fourth-order valence-corrected chi connectivity index (χ4v) is 1.60. The molecule has 6 nitrogen and oxygen atoms in total. The molecule has 1 aromatic carbocycles. The van der Waals surface area contributed by atoms with Crippen LogP contribution in [0.3, 0.4) is 0 Å². The summed E-state index contributed by atoms with van der Waals surface area (Å²) in [5, 5.41) is 11.9. The molecule has 1 aromatic rings. The number of rotatable bonds is 5. The van der Waals surface area contributed by atoms with E-state index in [2.05, 4.69) is 5.32 Å². The Hall–Kier alpha value is -2.24. The quantitative estimate of drug-likeness (QED) is 0.811. The topological polar surface area (TPSA) is 84.9 Å². The number of ether oxygens (including phenoxy) is 2. The van der Waals surface area contributed by atoms with Crippen LogP contribution in [0.25, 0.3) is 0 Å². The molecule has 0 aliphatic carbocycles. The standard InChI is InChI=1S/C15H21NO5/c1-9-5-6-12(7-13(9)17)8-14(18)20-10(2)11(3)21-15(19)16-4/h5-7,10-11,17H,8H2,1-4H3,(H,16,19). The Morgan fingerprint density at radius 2 is 1.86 bits per heavy atom. The average Bonchev–Trinajstić information content (AvgIpc) is 2.42. The Morgan fingerprint density at radius 3 is 2.43 bits per heavy atom. The van der Waals surface area contributed by atoms with Crippen LogP contribution in [0, 0.1) is 6.92 Å². The summed E-state index contributed by atoms with van der Waals surface area (Å²) in [5.41, 5.74) is 1.41. The Bertz CT molecular complexity index is 515. The number of nitrogens with one attached hydrogen (secondary N) is 1. The molecule has 0 aromatic heterocycles.